The van der Waals surface area contributed by atoms with Crippen LogP contribution in [0.4, 0.5) is 5.69 Å². The molecule has 1 fully saturated rings. The summed E-state index contributed by atoms with van der Waals surface area (Å²) in [5.74, 6) is -0.334. The van der Waals surface area contributed by atoms with Gasteiger partial charge in [-0.3, -0.25) is 9.59 Å². The first-order valence-electron chi connectivity index (χ1n) is 8.65. The van der Waals surface area contributed by atoms with Gasteiger partial charge in [0.15, 0.2) is 0 Å². The number of amides is 2. The van der Waals surface area contributed by atoms with Crippen LogP contribution in [0.15, 0.2) is 54.0 Å². The Morgan fingerprint density at radius 3 is 2.92 bits per heavy atom. The van der Waals surface area contributed by atoms with Gasteiger partial charge in [-0.25, -0.2) is 4.98 Å². The Morgan fingerprint density at radius 2 is 2.08 bits per heavy atom. The summed E-state index contributed by atoms with van der Waals surface area (Å²) in [7, 11) is 0. The molecule has 1 aliphatic heterocycles. The Kier molecular flexibility index (Phi) is 4.67. The molecule has 0 spiro atoms. The number of hydrogen-bond donors (Lipinski definition) is 1. The number of likely N-dealkylation sites (tertiary alicyclic amines) is 1. The molecule has 1 aromatic heterocycles. The van der Waals surface area contributed by atoms with Crippen molar-refractivity contribution in [2.45, 2.75) is 12.8 Å². The van der Waals surface area contributed by atoms with Gasteiger partial charge in [-0.1, -0.05) is 30.3 Å². The molecule has 0 radical (unpaired) electrons. The van der Waals surface area contributed by atoms with Crippen molar-refractivity contribution in [2.75, 3.05) is 18.4 Å². The summed E-state index contributed by atoms with van der Waals surface area (Å²) in [6.07, 6.45) is 1.09. The van der Waals surface area contributed by atoms with Crippen LogP contribution in [0.25, 0.3) is 10.2 Å². The van der Waals surface area contributed by atoms with Crippen molar-refractivity contribution in [3.05, 3.63) is 59.6 Å². The van der Waals surface area contributed by atoms with Crippen LogP contribution in [-0.4, -0.2) is 34.8 Å². The second-order valence-corrected chi connectivity index (χ2v) is 7.39. The number of anilines is 1. The van der Waals surface area contributed by atoms with E-state index in [0.29, 0.717) is 13.1 Å². The molecule has 1 aliphatic rings. The number of benzene rings is 2. The largest absolute Gasteiger partial charge is 0.342 e. The first kappa shape index (κ1) is 16.7. The van der Waals surface area contributed by atoms with Crippen LogP contribution in [0.3, 0.4) is 0 Å². The summed E-state index contributed by atoms with van der Waals surface area (Å²) < 4.78 is 1.04. The lowest BCUT2D eigenvalue weighted by molar-refractivity contribution is -0.128. The van der Waals surface area contributed by atoms with Crippen molar-refractivity contribution < 1.29 is 9.59 Å². The van der Waals surface area contributed by atoms with Crippen LogP contribution in [0.1, 0.15) is 12.0 Å². The first-order chi connectivity index (χ1) is 12.7. The van der Waals surface area contributed by atoms with E-state index in [-0.39, 0.29) is 24.2 Å². The maximum absolute atomic E-state index is 12.6. The number of nitrogens with zero attached hydrogens (tertiary/aromatic N) is 2. The molecule has 1 saturated heterocycles. The molecule has 2 heterocycles. The minimum atomic E-state index is -0.296. The van der Waals surface area contributed by atoms with Gasteiger partial charge < -0.3 is 10.2 Å². The maximum atomic E-state index is 12.6. The van der Waals surface area contributed by atoms with Gasteiger partial charge in [0.1, 0.15) is 0 Å². The highest BCUT2D eigenvalue weighted by molar-refractivity contribution is 7.16. The SMILES string of the molecule is O=C(Nc1ccc2ncsc2c1)C1CC(=O)N(CCc2ccccc2)C1. The third kappa shape index (κ3) is 3.60. The summed E-state index contributed by atoms with van der Waals surface area (Å²) in [5.41, 5.74) is 4.67. The molecular weight excluding hydrogens is 346 g/mol. The zero-order valence-corrected chi connectivity index (χ0v) is 15.0. The molecule has 1 N–H and O–H groups in total. The van der Waals surface area contributed by atoms with E-state index in [2.05, 4.69) is 22.4 Å². The summed E-state index contributed by atoms with van der Waals surface area (Å²) in [6, 6.07) is 15.8. The third-order valence-corrected chi connectivity index (χ3v) is 5.49. The molecule has 2 amide bonds. The van der Waals surface area contributed by atoms with Gasteiger partial charge in [0.05, 0.1) is 21.6 Å². The van der Waals surface area contributed by atoms with Gasteiger partial charge in [-0.15, -0.1) is 11.3 Å². The van der Waals surface area contributed by atoms with E-state index < -0.39 is 0 Å². The van der Waals surface area contributed by atoms with E-state index in [1.54, 1.807) is 21.7 Å². The normalized spacial score (nSPS) is 17.0. The molecule has 4 rings (SSSR count). The molecule has 1 atom stereocenters. The standard InChI is InChI=1S/C20H19N3O2S/c24-19-10-15(12-23(19)9-8-14-4-2-1-3-5-14)20(25)22-16-6-7-17-18(11-16)26-13-21-17/h1-7,11,13,15H,8-10,12H2,(H,22,25). The molecule has 0 aliphatic carbocycles. The van der Waals surface area contributed by atoms with Crippen molar-refractivity contribution in [3.8, 4) is 0 Å². The lowest BCUT2D eigenvalue weighted by Crippen LogP contribution is -2.30. The van der Waals surface area contributed by atoms with E-state index in [0.717, 1.165) is 22.3 Å². The van der Waals surface area contributed by atoms with Gasteiger partial charge in [0, 0.05) is 25.2 Å². The molecule has 6 heteroatoms. The summed E-state index contributed by atoms with van der Waals surface area (Å²) in [6.45, 7) is 1.14. The Labute approximate surface area is 155 Å². The number of carbonyl (C=O) groups is 2. The van der Waals surface area contributed by atoms with E-state index in [9.17, 15) is 9.59 Å². The fraction of sp³-hybridized carbons (Fsp3) is 0.250. The van der Waals surface area contributed by atoms with Crippen molar-refractivity contribution >= 4 is 39.1 Å². The molecule has 5 nitrogen and oxygen atoms in total. The summed E-state index contributed by atoms with van der Waals surface area (Å²) in [5, 5.41) is 2.94. The summed E-state index contributed by atoms with van der Waals surface area (Å²) in [4.78, 5) is 30.8. The van der Waals surface area contributed by atoms with Crippen molar-refractivity contribution in [1.82, 2.24) is 9.88 Å². The highest BCUT2D eigenvalue weighted by Crippen LogP contribution is 2.24. The highest BCUT2D eigenvalue weighted by Gasteiger charge is 2.34. The van der Waals surface area contributed by atoms with Gasteiger partial charge in [-0.05, 0) is 30.2 Å². The predicted molar refractivity (Wildman–Crippen MR) is 103 cm³/mol. The van der Waals surface area contributed by atoms with Crippen LogP contribution in [0.2, 0.25) is 0 Å². The van der Waals surface area contributed by atoms with Crippen LogP contribution < -0.4 is 5.32 Å². The molecule has 1 unspecified atom stereocenters. The van der Waals surface area contributed by atoms with Gasteiger partial charge in [-0.2, -0.15) is 0 Å². The molecule has 2 aromatic carbocycles. The topological polar surface area (TPSA) is 62.3 Å². The van der Waals surface area contributed by atoms with Gasteiger partial charge in [0.2, 0.25) is 11.8 Å². The van der Waals surface area contributed by atoms with Crippen molar-refractivity contribution in [1.29, 1.82) is 0 Å². The maximum Gasteiger partial charge on any atom is 0.229 e. The monoisotopic (exact) mass is 365 g/mol. The lowest BCUT2D eigenvalue weighted by atomic mass is 10.1. The molecule has 26 heavy (non-hydrogen) atoms. The van der Waals surface area contributed by atoms with Crippen molar-refractivity contribution in [2.24, 2.45) is 5.92 Å². The summed E-state index contributed by atoms with van der Waals surface area (Å²) >= 11 is 1.54. The predicted octanol–water partition coefficient (Wildman–Crippen LogP) is 3.33. The molecule has 132 valence electrons. The molecule has 3 aromatic rings. The average Bonchev–Trinajstić information content (AvgIpc) is 3.27. The number of thiazole rings is 1. The van der Waals surface area contributed by atoms with Gasteiger partial charge in [0.25, 0.3) is 0 Å². The van der Waals surface area contributed by atoms with E-state index in [4.69, 9.17) is 0 Å². The number of carbonyl (C=O) groups excluding carboxylic acids is 2. The zero-order chi connectivity index (χ0) is 17.9. The van der Waals surface area contributed by atoms with Crippen LogP contribution >= 0.6 is 11.3 Å². The van der Waals surface area contributed by atoms with Crippen LogP contribution in [0, 0.1) is 5.92 Å². The Bertz CT molecular complexity index is 938. The van der Waals surface area contributed by atoms with Crippen LogP contribution in [-0.2, 0) is 16.0 Å². The zero-order valence-electron chi connectivity index (χ0n) is 14.2. The number of aromatic nitrogens is 1. The third-order valence-electron chi connectivity index (χ3n) is 4.70. The Hall–Kier alpha value is -2.73. The minimum absolute atomic E-state index is 0.0546. The lowest BCUT2D eigenvalue weighted by Gasteiger charge is -2.16. The fourth-order valence-electron chi connectivity index (χ4n) is 3.25. The van der Waals surface area contributed by atoms with E-state index in [1.165, 1.54) is 5.56 Å². The second kappa shape index (κ2) is 7.25. The number of fused-ring (bicyclic) bond motifs is 1. The number of rotatable bonds is 5. The fourth-order valence-corrected chi connectivity index (χ4v) is 3.97. The smallest absolute Gasteiger partial charge is 0.229 e. The van der Waals surface area contributed by atoms with E-state index in [1.807, 2.05) is 36.4 Å². The van der Waals surface area contributed by atoms with E-state index >= 15 is 0 Å². The van der Waals surface area contributed by atoms with Crippen LogP contribution in [0.5, 0.6) is 0 Å². The number of nitrogens with one attached hydrogen (secondary N) is 1. The minimum Gasteiger partial charge on any atom is -0.342 e. The molecular formula is C20H19N3O2S. The van der Waals surface area contributed by atoms with Gasteiger partial charge >= 0.3 is 0 Å². The average molecular weight is 365 g/mol. The van der Waals surface area contributed by atoms with Crippen molar-refractivity contribution in [3.63, 3.8) is 0 Å². The number of hydrogen-bond acceptors (Lipinski definition) is 4. The highest BCUT2D eigenvalue weighted by atomic mass is 32.1. The Morgan fingerprint density at radius 1 is 1.23 bits per heavy atom. The first-order valence-corrected chi connectivity index (χ1v) is 9.53. The molecule has 0 bridgehead atoms. The quantitative estimate of drug-likeness (QED) is 0.754. The molecule has 0 saturated carbocycles. The second-order valence-electron chi connectivity index (χ2n) is 6.50. The Balaban J connectivity index is 1.35.